The Kier molecular flexibility index (Phi) is 7.01. The number of rotatable bonds is 5. The third kappa shape index (κ3) is 5.86. The van der Waals surface area contributed by atoms with E-state index in [4.69, 9.17) is 21.3 Å². The lowest BCUT2D eigenvalue weighted by Gasteiger charge is -2.13. The van der Waals surface area contributed by atoms with Gasteiger partial charge < -0.3 is 16.2 Å². The van der Waals surface area contributed by atoms with Gasteiger partial charge in [0.2, 0.25) is 0 Å². The Morgan fingerprint density at radius 3 is 2.44 bits per heavy atom. The number of carbonyl (C=O) groups excluding carboxylic acids is 1. The molecular weight excluding hydrogens is 336 g/mol. The lowest BCUT2D eigenvalue weighted by Crippen LogP contribution is -2.25. The van der Waals surface area contributed by atoms with Crippen molar-refractivity contribution in [3.63, 3.8) is 0 Å². The van der Waals surface area contributed by atoms with Gasteiger partial charge in [-0.2, -0.15) is 0 Å². The fraction of sp³-hybridized carbons (Fsp3) is 0.500. The molecule has 1 aliphatic carbocycles. The average molecular weight is 365 g/mol. The molecule has 0 aromatic heterocycles. The van der Waals surface area contributed by atoms with Crippen molar-refractivity contribution in [3.8, 4) is 5.75 Å². The molecule has 1 heterocycles. The number of primary amides is 1. The minimum Gasteiger partial charge on any atom is -0.493 e. The van der Waals surface area contributed by atoms with Crippen LogP contribution in [0.15, 0.2) is 23.2 Å². The first-order valence-electron chi connectivity index (χ1n) is 8.53. The van der Waals surface area contributed by atoms with E-state index in [0.717, 1.165) is 5.25 Å². The highest BCUT2D eigenvalue weighted by atomic mass is 32.2. The lowest BCUT2D eigenvalue weighted by atomic mass is 10.1. The summed E-state index contributed by atoms with van der Waals surface area (Å²) in [5.74, 6) is 0.738. The zero-order valence-electron chi connectivity index (χ0n) is 14.9. The molecule has 1 aromatic carbocycles. The summed E-state index contributed by atoms with van der Waals surface area (Å²) in [7, 11) is 1.74. The fourth-order valence-electron chi connectivity index (χ4n) is 2.77. The summed E-state index contributed by atoms with van der Waals surface area (Å²) in [6.45, 7) is 2.83. The molecule has 1 saturated carbocycles. The molecular formula is C18H28N4O2S. The van der Waals surface area contributed by atoms with Crippen molar-refractivity contribution < 1.29 is 9.53 Å². The molecule has 0 spiro atoms. The first-order chi connectivity index (χ1) is 11.9. The molecule has 0 bridgehead atoms. The van der Waals surface area contributed by atoms with Crippen molar-refractivity contribution in [1.29, 1.82) is 0 Å². The topological polar surface area (TPSA) is 117 Å². The van der Waals surface area contributed by atoms with Crippen molar-refractivity contribution in [2.45, 2.75) is 37.9 Å². The number of anilines is 1. The van der Waals surface area contributed by atoms with Crippen LogP contribution in [0.1, 0.15) is 38.2 Å². The number of ether oxygens (including phenoxy) is 1. The first-order valence-corrected chi connectivity index (χ1v) is 9.94. The Balaban J connectivity index is 0.000000386. The van der Waals surface area contributed by atoms with Gasteiger partial charge >= 0.3 is 0 Å². The summed E-state index contributed by atoms with van der Waals surface area (Å²) in [5, 5.41) is 8.21. The third-order valence-electron chi connectivity index (χ3n) is 4.40. The molecule has 0 saturated heterocycles. The SMILES string of the molecule is CC1C=S1N.CN=C(C(N)=O)c1cc(OCC2CCCC2)ccc1N. The van der Waals surface area contributed by atoms with E-state index in [-0.39, 0.29) is 16.4 Å². The van der Waals surface area contributed by atoms with E-state index in [0.29, 0.717) is 29.5 Å². The van der Waals surface area contributed by atoms with Gasteiger partial charge in [-0.25, -0.2) is 0 Å². The number of benzene rings is 1. The van der Waals surface area contributed by atoms with Gasteiger partial charge in [-0.15, -0.1) is 10.7 Å². The second-order valence-corrected chi connectivity index (χ2v) is 8.23. The van der Waals surface area contributed by atoms with Crippen LogP contribution in [0, 0.1) is 5.92 Å². The third-order valence-corrected chi connectivity index (χ3v) is 5.80. The van der Waals surface area contributed by atoms with E-state index in [1.165, 1.54) is 32.7 Å². The van der Waals surface area contributed by atoms with Crippen molar-refractivity contribution >= 4 is 33.3 Å². The zero-order valence-corrected chi connectivity index (χ0v) is 15.7. The second kappa shape index (κ2) is 9.01. The molecule has 6 N–H and O–H groups in total. The molecule has 6 nitrogen and oxygen atoms in total. The molecule has 25 heavy (non-hydrogen) atoms. The molecule has 2 atom stereocenters. The first kappa shape index (κ1) is 19.5. The van der Waals surface area contributed by atoms with Crippen LogP contribution < -0.4 is 21.3 Å². The Hall–Kier alpha value is -1.86. The van der Waals surface area contributed by atoms with Gasteiger partial charge in [0.05, 0.1) is 6.61 Å². The monoisotopic (exact) mass is 364 g/mol. The lowest BCUT2D eigenvalue weighted by molar-refractivity contribution is -0.111. The number of hydrogen-bond donors (Lipinski definition) is 3. The Labute approximate surface area is 151 Å². The van der Waals surface area contributed by atoms with E-state index in [1.807, 2.05) is 6.07 Å². The van der Waals surface area contributed by atoms with E-state index in [1.54, 1.807) is 12.1 Å². The fourth-order valence-corrected chi connectivity index (χ4v) is 3.34. The van der Waals surface area contributed by atoms with Gasteiger partial charge in [0.25, 0.3) is 5.91 Å². The Morgan fingerprint density at radius 1 is 1.36 bits per heavy atom. The quantitative estimate of drug-likeness (QED) is 0.421. The summed E-state index contributed by atoms with van der Waals surface area (Å²) in [4.78, 5) is 15.3. The van der Waals surface area contributed by atoms with E-state index >= 15 is 0 Å². The number of nitrogens with zero attached hydrogens (tertiary/aromatic N) is 1. The summed E-state index contributed by atoms with van der Waals surface area (Å²) in [6, 6.07) is 5.26. The number of amides is 1. The second-order valence-electron chi connectivity index (χ2n) is 6.40. The van der Waals surface area contributed by atoms with Gasteiger partial charge in [0.15, 0.2) is 0 Å². The maximum atomic E-state index is 11.4. The average Bonchev–Trinajstić information content (AvgIpc) is 3.03. The van der Waals surface area contributed by atoms with Crippen LogP contribution in [0.2, 0.25) is 0 Å². The van der Waals surface area contributed by atoms with Crippen LogP contribution in [0.25, 0.3) is 0 Å². The molecule has 1 fully saturated rings. The van der Waals surface area contributed by atoms with Crippen molar-refractivity contribution in [2.24, 2.45) is 21.8 Å². The van der Waals surface area contributed by atoms with Gasteiger partial charge in [0.1, 0.15) is 11.5 Å². The molecule has 138 valence electrons. The summed E-state index contributed by atoms with van der Waals surface area (Å²) in [6.07, 6.45) is 5.03. The highest BCUT2D eigenvalue weighted by Gasteiger charge is 2.17. The summed E-state index contributed by atoms with van der Waals surface area (Å²) < 4.78 is 5.80. The van der Waals surface area contributed by atoms with Gasteiger partial charge in [-0.05, 0) is 49.2 Å². The van der Waals surface area contributed by atoms with Gasteiger partial charge in [-0.1, -0.05) is 12.8 Å². The van der Waals surface area contributed by atoms with Crippen LogP contribution in [-0.4, -0.2) is 35.9 Å². The summed E-state index contributed by atoms with van der Waals surface area (Å²) in [5.41, 5.74) is 12.4. The number of nitrogens with two attached hydrogens (primary N) is 3. The summed E-state index contributed by atoms with van der Waals surface area (Å²) >= 11 is 0. The molecule has 7 heteroatoms. The Morgan fingerprint density at radius 2 is 1.96 bits per heavy atom. The number of nitrogen functional groups attached to an aromatic ring is 1. The van der Waals surface area contributed by atoms with Crippen LogP contribution in [0.3, 0.4) is 0 Å². The molecule has 1 aliphatic heterocycles. The predicted octanol–water partition coefficient (Wildman–Crippen LogP) is 2.08. The van der Waals surface area contributed by atoms with Crippen LogP contribution in [0.4, 0.5) is 5.69 Å². The van der Waals surface area contributed by atoms with E-state index < -0.39 is 5.91 Å². The minimum absolute atomic E-state index is 0.175. The van der Waals surface area contributed by atoms with E-state index in [9.17, 15) is 4.79 Å². The highest BCUT2D eigenvalue weighted by molar-refractivity contribution is 8.21. The van der Waals surface area contributed by atoms with Crippen molar-refractivity contribution in [3.05, 3.63) is 23.8 Å². The largest absolute Gasteiger partial charge is 0.493 e. The zero-order chi connectivity index (χ0) is 18.4. The van der Waals surface area contributed by atoms with Crippen LogP contribution >= 0.6 is 10.7 Å². The maximum absolute atomic E-state index is 11.4. The highest BCUT2D eigenvalue weighted by Crippen LogP contribution is 2.27. The van der Waals surface area contributed by atoms with Gasteiger partial charge in [-0.3, -0.25) is 14.9 Å². The molecule has 0 radical (unpaired) electrons. The normalized spacial score (nSPS) is 22.6. The molecule has 2 aliphatic rings. The number of aliphatic imine (C=N–C) groups is 1. The van der Waals surface area contributed by atoms with Crippen molar-refractivity contribution in [2.75, 3.05) is 19.4 Å². The predicted molar refractivity (Wildman–Crippen MR) is 107 cm³/mol. The Bertz CT molecular complexity index is 682. The van der Waals surface area contributed by atoms with Crippen molar-refractivity contribution in [1.82, 2.24) is 0 Å². The van der Waals surface area contributed by atoms with E-state index in [2.05, 4.69) is 17.3 Å². The number of carbonyl (C=O) groups is 1. The molecule has 2 unspecified atom stereocenters. The standard InChI is InChI=1S/C15H21N3O2.C3H7NS/c1-18-14(15(17)19)12-8-11(6-7-13(12)16)20-9-10-4-2-3-5-10;1-3-2-5(3)4/h6-8,10H,2-5,9,16H2,1H3,(H2,17,19);2-3H,4H2,1H3. The van der Waals surface area contributed by atoms with Gasteiger partial charge in [0, 0.05) is 23.5 Å². The van der Waals surface area contributed by atoms with Crippen LogP contribution in [0.5, 0.6) is 5.75 Å². The number of hydrogen-bond acceptors (Lipinski definition) is 5. The maximum Gasteiger partial charge on any atom is 0.267 e. The van der Waals surface area contributed by atoms with Crippen LogP contribution in [-0.2, 0) is 4.79 Å². The molecule has 1 aromatic rings. The molecule has 3 rings (SSSR count). The molecule has 1 amide bonds. The minimum atomic E-state index is -0.591. The smallest absolute Gasteiger partial charge is 0.267 e.